The van der Waals surface area contributed by atoms with Crippen molar-refractivity contribution in [3.63, 3.8) is 0 Å². The highest BCUT2D eigenvalue weighted by atomic mass is 32.1. The first-order valence-corrected chi connectivity index (χ1v) is 8.28. The summed E-state index contributed by atoms with van der Waals surface area (Å²) in [4.78, 5) is 11.9. The van der Waals surface area contributed by atoms with Gasteiger partial charge in [0.05, 0.1) is 13.0 Å². The van der Waals surface area contributed by atoms with Crippen LogP contribution in [0, 0.1) is 6.92 Å². The minimum Gasteiger partial charge on any atom is -0.489 e. The molecular formula is C16H19N3O3S. The monoisotopic (exact) mass is 333 g/mol. The normalized spacial score (nSPS) is 14.9. The number of hydrogen-bond donors (Lipinski definition) is 1. The maximum absolute atomic E-state index is 11.9. The number of para-hydroxylation sites is 1. The van der Waals surface area contributed by atoms with Crippen molar-refractivity contribution in [2.24, 2.45) is 0 Å². The van der Waals surface area contributed by atoms with Crippen LogP contribution in [-0.2, 0) is 11.2 Å². The predicted octanol–water partition coefficient (Wildman–Crippen LogP) is 2.97. The van der Waals surface area contributed by atoms with Gasteiger partial charge in [-0.05, 0) is 26.8 Å². The predicted molar refractivity (Wildman–Crippen MR) is 88.2 cm³/mol. The van der Waals surface area contributed by atoms with E-state index in [0.29, 0.717) is 10.9 Å². The second-order valence-electron chi connectivity index (χ2n) is 6.06. The van der Waals surface area contributed by atoms with Gasteiger partial charge in [0.25, 0.3) is 0 Å². The lowest BCUT2D eigenvalue weighted by Crippen LogP contribution is -2.24. The zero-order valence-electron chi connectivity index (χ0n) is 13.4. The van der Waals surface area contributed by atoms with Crippen molar-refractivity contribution in [2.45, 2.75) is 39.2 Å². The number of fused-ring (bicyclic) bond motifs is 1. The van der Waals surface area contributed by atoms with Crippen LogP contribution < -0.4 is 14.8 Å². The SMILES string of the molecule is Cc1nnc(NC(=O)CCOc2cccc3c2OC(C)(C)C3)s1. The molecular weight excluding hydrogens is 314 g/mol. The molecule has 122 valence electrons. The van der Waals surface area contributed by atoms with Gasteiger partial charge in [-0.15, -0.1) is 10.2 Å². The summed E-state index contributed by atoms with van der Waals surface area (Å²) in [6, 6.07) is 5.86. The van der Waals surface area contributed by atoms with E-state index < -0.39 is 0 Å². The summed E-state index contributed by atoms with van der Waals surface area (Å²) in [6.45, 7) is 6.22. The Morgan fingerprint density at radius 1 is 1.43 bits per heavy atom. The van der Waals surface area contributed by atoms with Crippen LogP contribution >= 0.6 is 11.3 Å². The van der Waals surface area contributed by atoms with Gasteiger partial charge in [-0.25, -0.2) is 0 Å². The molecule has 1 amide bonds. The second kappa shape index (κ2) is 6.16. The van der Waals surface area contributed by atoms with E-state index in [2.05, 4.69) is 15.5 Å². The number of rotatable bonds is 5. The van der Waals surface area contributed by atoms with Crippen LogP contribution in [0.15, 0.2) is 18.2 Å². The third kappa shape index (κ3) is 3.79. The molecule has 3 rings (SSSR count). The van der Waals surface area contributed by atoms with Crippen molar-refractivity contribution in [1.29, 1.82) is 0 Å². The molecule has 23 heavy (non-hydrogen) atoms. The lowest BCUT2D eigenvalue weighted by atomic mass is 10.0. The lowest BCUT2D eigenvalue weighted by molar-refractivity contribution is -0.116. The van der Waals surface area contributed by atoms with Crippen molar-refractivity contribution in [1.82, 2.24) is 10.2 Å². The fourth-order valence-electron chi connectivity index (χ4n) is 2.48. The van der Waals surface area contributed by atoms with Crippen molar-refractivity contribution in [3.05, 3.63) is 28.8 Å². The summed E-state index contributed by atoms with van der Waals surface area (Å²) in [7, 11) is 0. The van der Waals surface area contributed by atoms with E-state index in [9.17, 15) is 4.79 Å². The fourth-order valence-corrected chi connectivity index (χ4v) is 3.09. The van der Waals surface area contributed by atoms with Crippen molar-refractivity contribution in [3.8, 4) is 11.5 Å². The van der Waals surface area contributed by atoms with Gasteiger partial charge < -0.3 is 14.8 Å². The number of ether oxygens (including phenoxy) is 2. The quantitative estimate of drug-likeness (QED) is 0.910. The largest absolute Gasteiger partial charge is 0.489 e. The summed E-state index contributed by atoms with van der Waals surface area (Å²) in [5.74, 6) is 1.33. The number of benzene rings is 1. The van der Waals surface area contributed by atoms with Crippen molar-refractivity contribution in [2.75, 3.05) is 11.9 Å². The number of amides is 1. The summed E-state index contributed by atoms with van der Waals surface area (Å²) in [5, 5.41) is 11.8. The van der Waals surface area contributed by atoms with E-state index >= 15 is 0 Å². The molecule has 0 saturated heterocycles. The average molecular weight is 333 g/mol. The van der Waals surface area contributed by atoms with Gasteiger partial charge in [-0.3, -0.25) is 4.79 Å². The highest BCUT2D eigenvalue weighted by Gasteiger charge is 2.32. The maximum Gasteiger partial charge on any atom is 0.229 e. The number of aryl methyl sites for hydroxylation is 1. The topological polar surface area (TPSA) is 73.3 Å². The Morgan fingerprint density at radius 2 is 2.26 bits per heavy atom. The van der Waals surface area contributed by atoms with Gasteiger partial charge in [-0.2, -0.15) is 0 Å². The molecule has 2 heterocycles. The number of carbonyl (C=O) groups excluding carboxylic acids is 1. The molecule has 2 aromatic rings. The first kappa shape index (κ1) is 15.7. The van der Waals surface area contributed by atoms with Crippen molar-refractivity contribution >= 4 is 22.4 Å². The zero-order chi connectivity index (χ0) is 16.4. The molecule has 0 bridgehead atoms. The van der Waals surface area contributed by atoms with E-state index in [1.165, 1.54) is 11.3 Å². The number of carbonyl (C=O) groups is 1. The number of aromatic nitrogens is 2. The van der Waals surface area contributed by atoms with Crippen molar-refractivity contribution < 1.29 is 14.3 Å². The molecule has 6 nitrogen and oxygen atoms in total. The first-order valence-electron chi connectivity index (χ1n) is 7.47. The van der Waals surface area contributed by atoms with Crippen LogP contribution in [0.5, 0.6) is 11.5 Å². The van der Waals surface area contributed by atoms with E-state index in [0.717, 1.165) is 22.7 Å². The molecule has 1 aliphatic rings. The van der Waals surface area contributed by atoms with E-state index in [-0.39, 0.29) is 24.5 Å². The van der Waals surface area contributed by atoms with Gasteiger partial charge in [0.15, 0.2) is 11.5 Å². The molecule has 1 N–H and O–H groups in total. The van der Waals surface area contributed by atoms with E-state index in [1.54, 1.807) is 0 Å². The second-order valence-corrected chi connectivity index (χ2v) is 7.24. The highest BCUT2D eigenvalue weighted by Crippen LogP contribution is 2.41. The van der Waals surface area contributed by atoms with Crippen LogP contribution in [0.2, 0.25) is 0 Å². The summed E-state index contributed by atoms with van der Waals surface area (Å²) in [6.07, 6.45) is 1.10. The lowest BCUT2D eigenvalue weighted by Gasteiger charge is -2.18. The summed E-state index contributed by atoms with van der Waals surface area (Å²) >= 11 is 1.35. The summed E-state index contributed by atoms with van der Waals surface area (Å²) in [5.41, 5.74) is 0.927. The number of anilines is 1. The van der Waals surface area contributed by atoms with Gasteiger partial charge >= 0.3 is 0 Å². The molecule has 0 spiro atoms. The molecule has 0 unspecified atom stereocenters. The molecule has 0 radical (unpaired) electrons. The smallest absolute Gasteiger partial charge is 0.229 e. The van der Waals surface area contributed by atoms with Gasteiger partial charge in [0.1, 0.15) is 10.6 Å². The van der Waals surface area contributed by atoms with Crippen LogP contribution in [0.25, 0.3) is 0 Å². The Balaban J connectivity index is 1.54. The Morgan fingerprint density at radius 3 is 3.00 bits per heavy atom. The molecule has 0 atom stereocenters. The van der Waals surface area contributed by atoms with Crippen LogP contribution in [0.3, 0.4) is 0 Å². The molecule has 0 fully saturated rings. The standard InChI is InChI=1S/C16H19N3O3S/c1-10-18-19-15(23-10)17-13(20)7-8-21-12-6-4-5-11-9-16(2,3)22-14(11)12/h4-6H,7-9H2,1-3H3,(H,17,19,20). The number of hydrogen-bond acceptors (Lipinski definition) is 6. The van der Waals surface area contributed by atoms with E-state index in [1.807, 2.05) is 39.0 Å². The third-order valence-electron chi connectivity index (χ3n) is 3.41. The van der Waals surface area contributed by atoms with E-state index in [4.69, 9.17) is 9.47 Å². The molecule has 0 aliphatic carbocycles. The first-order chi connectivity index (χ1) is 10.9. The Bertz CT molecular complexity index is 727. The Hall–Kier alpha value is -2.15. The molecule has 1 aliphatic heterocycles. The molecule has 1 aromatic heterocycles. The third-order valence-corrected chi connectivity index (χ3v) is 4.17. The van der Waals surface area contributed by atoms with Crippen LogP contribution in [0.1, 0.15) is 30.8 Å². The minimum atomic E-state index is -0.213. The average Bonchev–Trinajstić information content (AvgIpc) is 3.00. The minimum absolute atomic E-state index is 0.144. The maximum atomic E-state index is 11.9. The zero-order valence-corrected chi connectivity index (χ0v) is 14.2. The molecule has 1 aromatic carbocycles. The molecule has 0 saturated carbocycles. The van der Waals surface area contributed by atoms with Gasteiger partial charge in [0.2, 0.25) is 11.0 Å². The Kier molecular flexibility index (Phi) is 4.21. The fraction of sp³-hybridized carbons (Fsp3) is 0.438. The highest BCUT2D eigenvalue weighted by molar-refractivity contribution is 7.15. The Labute approximate surface area is 138 Å². The van der Waals surface area contributed by atoms with Crippen LogP contribution in [-0.4, -0.2) is 28.3 Å². The molecule has 7 heteroatoms. The van der Waals surface area contributed by atoms with Crippen LogP contribution in [0.4, 0.5) is 5.13 Å². The number of nitrogens with one attached hydrogen (secondary N) is 1. The van der Waals surface area contributed by atoms with Gasteiger partial charge in [0, 0.05) is 12.0 Å². The van der Waals surface area contributed by atoms with Gasteiger partial charge in [-0.1, -0.05) is 23.5 Å². The number of nitrogens with zero attached hydrogens (tertiary/aromatic N) is 2. The summed E-state index contributed by atoms with van der Waals surface area (Å²) < 4.78 is 11.7.